The van der Waals surface area contributed by atoms with Crippen molar-refractivity contribution in [2.45, 2.75) is 13.3 Å². The minimum atomic E-state index is -0.000440. The number of likely N-dealkylation sites (tertiary alicyclic amines) is 1. The molecule has 1 aliphatic rings. The van der Waals surface area contributed by atoms with Gasteiger partial charge in [0.05, 0.1) is 13.7 Å². The molecule has 1 aromatic carbocycles. The van der Waals surface area contributed by atoms with E-state index in [9.17, 15) is 4.79 Å². The molecule has 110 valence electrons. The molecule has 1 saturated heterocycles. The summed E-state index contributed by atoms with van der Waals surface area (Å²) < 4.78 is 5.14. The summed E-state index contributed by atoms with van der Waals surface area (Å²) in [6, 6.07) is 7.37. The minimum absolute atomic E-state index is 0.000440. The second-order valence-electron chi connectivity index (χ2n) is 5.76. The van der Waals surface area contributed by atoms with Gasteiger partial charge in [0.25, 0.3) is 0 Å². The Balaban J connectivity index is 1.87. The van der Waals surface area contributed by atoms with Crippen molar-refractivity contribution in [3.05, 3.63) is 24.3 Å². The Morgan fingerprint density at radius 3 is 3.00 bits per heavy atom. The molecule has 20 heavy (non-hydrogen) atoms. The third kappa shape index (κ3) is 3.71. The molecule has 1 unspecified atom stereocenters. The first-order valence-electron chi connectivity index (χ1n) is 6.91. The van der Waals surface area contributed by atoms with Gasteiger partial charge in [-0.15, -0.1) is 0 Å². The fourth-order valence-electron chi connectivity index (χ4n) is 2.53. The van der Waals surface area contributed by atoms with E-state index in [0.29, 0.717) is 13.1 Å². The van der Waals surface area contributed by atoms with E-state index in [1.165, 1.54) is 0 Å². The molecule has 3 N–H and O–H groups in total. The molecule has 0 bridgehead atoms. The first-order valence-corrected chi connectivity index (χ1v) is 6.91. The number of nitrogens with one attached hydrogen (secondary N) is 1. The molecule has 1 fully saturated rings. The summed E-state index contributed by atoms with van der Waals surface area (Å²) >= 11 is 0. The van der Waals surface area contributed by atoms with E-state index in [0.717, 1.165) is 30.9 Å². The smallest absolute Gasteiger partial charge is 0.238 e. The van der Waals surface area contributed by atoms with Crippen molar-refractivity contribution in [1.82, 2.24) is 4.90 Å². The summed E-state index contributed by atoms with van der Waals surface area (Å²) in [6.45, 7) is 5.06. The Labute approximate surface area is 120 Å². The van der Waals surface area contributed by atoms with E-state index in [4.69, 9.17) is 10.5 Å². The Hall–Kier alpha value is -1.59. The van der Waals surface area contributed by atoms with Crippen LogP contribution in [0.5, 0.6) is 5.75 Å². The predicted octanol–water partition coefficient (Wildman–Crippen LogP) is 1.30. The lowest BCUT2D eigenvalue weighted by atomic mass is 9.90. The topological polar surface area (TPSA) is 67.6 Å². The molecule has 0 aromatic heterocycles. The van der Waals surface area contributed by atoms with Crippen molar-refractivity contribution in [2.75, 3.05) is 38.6 Å². The lowest BCUT2D eigenvalue weighted by Crippen LogP contribution is -2.35. The van der Waals surface area contributed by atoms with E-state index in [1.54, 1.807) is 7.11 Å². The molecule has 1 heterocycles. The fourth-order valence-corrected chi connectivity index (χ4v) is 2.53. The summed E-state index contributed by atoms with van der Waals surface area (Å²) in [5.74, 6) is 0.735. The van der Waals surface area contributed by atoms with Crippen molar-refractivity contribution >= 4 is 11.6 Å². The fraction of sp³-hybridized carbons (Fsp3) is 0.533. The van der Waals surface area contributed by atoms with Crippen LogP contribution in [-0.2, 0) is 4.79 Å². The van der Waals surface area contributed by atoms with E-state index in [1.807, 2.05) is 24.3 Å². The predicted molar refractivity (Wildman–Crippen MR) is 79.8 cm³/mol. The Bertz CT molecular complexity index is 478. The second-order valence-corrected chi connectivity index (χ2v) is 5.76. The number of carbonyl (C=O) groups excluding carboxylic acids is 1. The van der Waals surface area contributed by atoms with Gasteiger partial charge >= 0.3 is 0 Å². The van der Waals surface area contributed by atoms with Gasteiger partial charge in [-0.05, 0) is 37.1 Å². The Morgan fingerprint density at radius 1 is 1.55 bits per heavy atom. The van der Waals surface area contributed by atoms with Gasteiger partial charge in [0.15, 0.2) is 0 Å². The van der Waals surface area contributed by atoms with E-state index in [2.05, 4.69) is 17.1 Å². The van der Waals surface area contributed by atoms with Crippen LogP contribution in [0.25, 0.3) is 0 Å². The van der Waals surface area contributed by atoms with E-state index >= 15 is 0 Å². The minimum Gasteiger partial charge on any atom is -0.497 e. The maximum Gasteiger partial charge on any atom is 0.238 e. The number of nitrogens with zero attached hydrogens (tertiary/aromatic N) is 1. The van der Waals surface area contributed by atoms with E-state index in [-0.39, 0.29) is 11.3 Å². The highest BCUT2D eigenvalue weighted by Crippen LogP contribution is 2.28. The standard InChI is InChI=1S/C15H23N3O2/c1-15(10-16)6-7-18(11-15)9-14(19)17-12-4-3-5-13(8-12)20-2/h3-5,8H,6-7,9-11,16H2,1-2H3,(H,17,19). The average molecular weight is 277 g/mol. The van der Waals surface area contributed by atoms with Crippen LogP contribution in [0, 0.1) is 5.41 Å². The Morgan fingerprint density at radius 2 is 2.35 bits per heavy atom. The molecule has 0 spiro atoms. The van der Waals surface area contributed by atoms with Gasteiger partial charge in [-0.1, -0.05) is 13.0 Å². The molecule has 0 radical (unpaired) electrons. The summed E-state index contributed by atoms with van der Waals surface area (Å²) in [5, 5.41) is 2.90. The molecular formula is C15H23N3O2. The molecule has 1 aromatic rings. The quantitative estimate of drug-likeness (QED) is 0.851. The lowest BCUT2D eigenvalue weighted by molar-refractivity contribution is -0.117. The van der Waals surface area contributed by atoms with Crippen LogP contribution in [0.15, 0.2) is 24.3 Å². The molecule has 1 amide bonds. The highest BCUT2D eigenvalue weighted by atomic mass is 16.5. The van der Waals surface area contributed by atoms with Crippen LogP contribution in [0.3, 0.4) is 0 Å². The van der Waals surface area contributed by atoms with Crippen molar-refractivity contribution in [2.24, 2.45) is 11.1 Å². The Kier molecular flexibility index (Phi) is 4.62. The molecule has 0 saturated carbocycles. The molecule has 5 nitrogen and oxygen atoms in total. The van der Waals surface area contributed by atoms with Gasteiger partial charge < -0.3 is 15.8 Å². The van der Waals surface area contributed by atoms with Crippen LogP contribution in [0.1, 0.15) is 13.3 Å². The third-order valence-electron chi connectivity index (χ3n) is 3.85. The molecule has 5 heteroatoms. The zero-order valence-corrected chi connectivity index (χ0v) is 12.2. The summed E-state index contributed by atoms with van der Waals surface area (Å²) in [4.78, 5) is 14.2. The van der Waals surface area contributed by atoms with Crippen molar-refractivity contribution in [1.29, 1.82) is 0 Å². The van der Waals surface area contributed by atoms with Gasteiger partial charge in [0.1, 0.15) is 5.75 Å². The largest absolute Gasteiger partial charge is 0.497 e. The van der Waals surface area contributed by atoms with Crippen LogP contribution >= 0.6 is 0 Å². The summed E-state index contributed by atoms with van der Waals surface area (Å²) in [7, 11) is 1.61. The number of benzene rings is 1. The highest BCUT2D eigenvalue weighted by molar-refractivity contribution is 5.92. The molecule has 1 aliphatic heterocycles. The number of hydrogen-bond acceptors (Lipinski definition) is 4. The second kappa shape index (κ2) is 6.24. The van der Waals surface area contributed by atoms with Gasteiger partial charge in [-0.2, -0.15) is 0 Å². The normalized spacial score (nSPS) is 22.8. The number of hydrogen-bond donors (Lipinski definition) is 2. The van der Waals surface area contributed by atoms with Crippen LogP contribution in [0.2, 0.25) is 0 Å². The van der Waals surface area contributed by atoms with Gasteiger partial charge in [0, 0.05) is 18.3 Å². The van der Waals surface area contributed by atoms with Crippen LogP contribution in [-0.4, -0.2) is 44.1 Å². The average Bonchev–Trinajstić information content (AvgIpc) is 2.81. The number of anilines is 1. The van der Waals surface area contributed by atoms with Crippen molar-refractivity contribution in [3.8, 4) is 5.75 Å². The van der Waals surface area contributed by atoms with Crippen LogP contribution in [0.4, 0.5) is 5.69 Å². The first-order chi connectivity index (χ1) is 9.54. The van der Waals surface area contributed by atoms with Gasteiger partial charge in [-0.25, -0.2) is 0 Å². The molecular weight excluding hydrogens is 254 g/mol. The van der Waals surface area contributed by atoms with Crippen molar-refractivity contribution < 1.29 is 9.53 Å². The lowest BCUT2D eigenvalue weighted by Gasteiger charge is -2.22. The number of nitrogens with two attached hydrogens (primary N) is 1. The van der Waals surface area contributed by atoms with E-state index < -0.39 is 0 Å². The monoisotopic (exact) mass is 277 g/mol. The van der Waals surface area contributed by atoms with Crippen molar-refractivity contribution in [3.63, 3.8) is 0 Å². The maximum atomic E-state index is 12.0. The molecule has 0 aliphatic carbocycles. The number of methoxy groups -OCH3 is 1. The summed E-state index contributed by atoms with van der Waals surface area (Å²) in [6.07, 6.45) is 1.05. The van der Waals surface area contributed by atoms with Gasteiger partial charge in [0.2, 0.25) is 5.91 Å². The third-order valence-corrected chi connectivity index (χ3v) is 3.85. The van der Waals surface area contributed by atoms with Crippen LogP contribution < -0.4 is 15.8 Å². The zero-order chi connectivity index (χ0) is 14.6. The number of ether oxygens (including phenoxy) is 1. The summed E-state index contributed by atoms with van der Waals surface area (Å²) in [5.41, 5.74) is 6.68. The molecule has 1 atom stereocenters. The first kappa shape index (κ1) is 14.8. The molecule has 2 rings (SSSR count). The van der Waals surface area contributed by atoms with Gasteiger partial charge in [-0.3, -0.25) is 9.69 Å². The highest BCUT2D eigenvalue weighted by Gasteiger charge is 2.33. The maximum absolute atomic E-state index is 12.0. The number of amides is 1. The number of rotatable bonds is 5. The SMILES string of the molecule is COc1cccc(NC(=O)CN2CCC(C)(CN)C2)c1. The zero-order valence-electron chi connectivity index (χ0n) is 12.2. The number of carbonyl (C=O) groups is 1.